The van der Waals surface area contributed by atoms with Crippen LogP contribution < -0.4 is 4.90 Å². The van der Waals surface area contributed by atoms with Crippen LogP contribution in [-0.2, 0) is 9.53 Å². The lowest BCUT2D eigenvalue weighted by atomic mass is 10.1. The van der Waals surface area contributed by atoms with Gasteiger partial charge in [-0.15, -0.1) is 0 Å². The molecule has 1 aromatic carbocycles. The number of ether oxygens (including phenoxy) is 1. The van der Waals surface area contributed by atoms with E-state index in [1.54, 1.807) is 12.1 Å². The number of nitrogens with zero attached hydrogens (tertiary/aromatic N) is 2. The third-order valence-electron chi connectivity index (χ3n) is 3.69. The molecule has 126 valence electrons. The van der Waals surface area contributed by atoms with Crippen LogP contribution in [0.25, 0.3) is 0 Å². The van der Waals surface area contributed by atoms with Gasteiger partial charge in [-0.2, -0.15) is 0 Å². The van der Waals surface area contributed by atoms with Crippen LogP contribution in [0, 0.1) is 5.92 Å². The maximum absolute atomic E-state index is 12.5. The van der Waals surface area contributed by atoms with Gasteiger partial charge in [0.15, 0.2) is 0 Å². The Bertz CT molecular complexity index is 536. The maximum Gasteiger partial charge on any atom is 0.323 e. The summed E-state index contributed by atoms with van der Waals surface area (Å²) >= 11 is 0. The molecule has 6 nitrogen and oxygen atoms in total. The third-order valence-corrected chi connectivity index (χ3v) is 3.69. The van der Waals surface area contributed by atoms with Crippen LogP contribution in [0.4, 0.5) is 5.69 Å². The number of carboxylic acid groups (broad SMARTS) is 1. The van der Waals surface area contributed by atoms with Crippen LogP contribution in [0.15, 0.2) is 24.3 Å². The molecule has 0 atom stereocenters. The lowest BCUT2D eigenvalue weighted by Gasteiger charge is -2.29. The third kappa shape index (κ3) is 4.96. The van der Waals surface area contributed by atoms with Crippen molar-refractivity contribution in [3.05, 3.63) is 29.8 Å². The normalized spacial score (nSPS) is 14.8. The summed E-state index contributed by atoms with van der Waals surface area (Å²) in [6.45, 7) is 7.17. The zero-order valence-electron chi connectivity index (χ0n) is 13.7. The van der Waals surface area contributed by atoms with Gasteiger partial charge in [0.2, 0.25) is 0 Å². The van der Waals surface area contributed by atoms with E-state index < -0.39 is 5.97 Å². The van der Waals surface area contributed by atoms with Gasteiger partial charge in [0.25, 0.3) is 5.91 Å². The molecule has 6 heteroatoms. The Morgan fingerprint density at radius 3 is 2.35 bits per heavy atom. The van der Waals surface area contributed by atoms with E-state index in [-0.39, 0.29) is 18.4 Å². The van der Waals surface area contributed by atoms with Gasteiger partial charge in [-0.1, -0.05) is 13.8 Å². The molecule has 1 saturated heterocycles. The Labute approximate surface area is 136 Å². The number of hydrogen-bond acceptors (Lipinski definition) is 4. The standard InChI is InChI=1S/C17H24N2O4/c1-13(2)11-19(12-16(20)21)17(22)14-3-5-15(6-4-14)18-7-9-23-10-8-18/h3-6,13H,7-12H2,1-2H3,(H,20,21). The van der Waals surface area contributed by atoms with Gasteiger partial charge in [-0.05, 0) is 30.2 Å². The zero-order chi connectivity index (χ0) is 16.8. The molecule has 0 aliphatic carbocycles. The van der Waals surface area contributed by atoms with Crippen molar-refractivity contribution in [1.82, 2.24) is 4.90 Å². The second kappa shape index (κ2) is 7.97. The zero-order valence-corrected chi connectivity index (χ0v) is 13.7. The fourth-order valence-corrected chi connectivity index (χ4v) is 2.64. The second-order valence-corrected chi connectivity index (χ2v) is 6.12. The van der Waals surface area contributed by atoms with Crippen LogP contribution in [0.3, 0.4) is 0 Å². The molecule has 0 unspecified atom stereocenters. The molecule has 0 radical (unpaired) electrons. The molecule has 1 aliphatic rings. The van der Waals surface area contributed by atoms with Crippen molar-refractivity contribution in [2.45, 2.75) is 13.8 Å². The smallest absolute Gasteiger partial charge is 0.323 e. The molecule has 1 amide bonds. The number of carbonyl (C=O) groups excluding carboxylic acids is 1. The molecule has 0 spiro atoms. The van der Waals surface area contributed by atoms with Gasteiger partial charge < -0.3 is 19.6 Å². The number of aliphatic carboxylic acids is 1. The average Bonchev–Trinajstić information content (AvgIpc) is 2.54. The van der Waals surface area contributed by atoms with Crippen molar-refractivity contribution < 1.29 is 19.4 Å². The van der Waals surface area contributed by atoms with Crippen molar-refractivity contribution in [2.75, 3.05) is 44.3 Å². The van der Waals surface area contributed by atoms with Crippen molar-refractivity contribution in [2.24, 2.45) is 5.92 Å². The summed E-state index contributed by atoms with van der Waals surface area (Å²) in [5, 5.41) is 8.99. The Kier molecular flexibility index (Phi) is 5.98. The second-order valence-electron chi connectivity index (χ2n) is 6.12. The number of carbonyl (C=O) groups is 2. The SMILES string of the molecule is CC(C)CN(CC(=O)O)C(=O)c1ccc(N2CCOCC2)cc1. The fraction of sp³-hybridized carbons (Fsp3) is 0.529. The van der Waals surface area contributed by atoms with Gasteiger partial charge in [0.05, 0.1) is 13.2 Å². The lowest BCUT2D eigenvalue weighted by molar-refractivity contribution is -0.137. The van der Waals surface area contributed by atoms with E-state index in [0.717, 1.165) is 18.8 Å². The van der Waals surface area contributed by atoms with Crippen molar-refractivity contribution in [3.8, 4) is 0 Å². The predicted molar refractivity (Wildman–Crippen MR) is 87.9 cm³/mol. The summed E-state index contributed by atoms with van der Waals surface area (Å²) < 4.78 is 5.33. The van der Waals surface area contributed by atoms with Crippen molar-refractivity contribution >= 4 is 17.6 Å². The molecular formula is C17H24N2O4. The van der Waals surface area contributed by atoms with Gasteiger partial charge in [-0.25, -0.2) is 0 Å². The topological polar surface area (TPSA) is 70.1 Å². The molecule has 1 fully saturated rings. The highest BCUT2D eigenvalue weighted by molar-refractivity contribution is 5.96. The minimum atomic E-state index is -0.996. The van der Waals surface area contributed by atoms with E-state index in [1.165, 1.54) is 4.90 Å². The Morgan fingerprint density at radius 2 is 1.83 bits per heavy atom. The van der Waals surface area contributed by atoms with Gasteiger partial charge in [-0.3, -0.25) is 9.59 Å². The number of rotatable bonds is 6. The van der Waals surface area contributed by atoms with E-state index in [2.05, 4.69) is 4.90 Å². The molecule has 0 aromatic heterocycles. The highest BCUT2D eigenvalue weighted by Crippen LogP contribution is 2.18. The molecule has 0 bridgehead atoms. The maximum atomic E-state index is 12.5. The average molecular weight is 320 g/mol. The molecular weight excluding hydrogens is 296 g/mol. The van der Waals surface area contributed by atoms with Crippen molar-refractivity contribution in [3.63, 3.8) is 0 Å². The lowest BCUT2D eigenvalue weighted by Crippen LogP contribution is -2.38. The summed E-state index contributed by atoms with van der Waals surface area (Å²) in [5.74, 6) is -1.02. The summed E-state index contributed by atoms with van der Waals surface area (Å²) in [6.07, 6.45) is 0. The van der Waals surface area contributed by atoms with E-state index in [1.807, 2.05) is 26.0 Å². The van der Waals surface area contributed by atoms with Gasteiger partial charge in [0, 0.05) is 30.9 Å². The summed E-state index contributed by atoms with van der Waals surface area (Å²) in [6, 6.07) is 7.35. The Morgan fingerprint density at radius 1 is 1.22 bits per heavy atom. The summed E-state index contributed by atoms with van der Waals surface area (Å²) in [4.78, 5) is 27.1. The molecule has 1 heterocycles. The minimum absolute atomic E-state index is 0.214. The largest absolute Gasteiger partial charge is 0.480 e. The molecule has 1 aliphatic heterocycles. The van der Waals surface area contributed by atoms with E-state index >= 15 is 0 Å². The summed E-state index contributed by atoms with van der Waals surface area (Å²) in [7, 11) is 0. The molecule has 23 heavy (non-hydrogen) atoms. The number of carboxylic acids is 1. The van der Waals surface area contributed by atoms with E-state index in [0.29, 0.717) is 25.3 Å². The van der Waals surface area contributed by atoms with Gasteiger partial charge >= 0.3 is 5.97 Å². The van der Waals surface area contributed by atoms with Crippen molar-refractivity contribution in [1.29, 1.82) is 0 Å². The Hall–Kier alpha value is -2.08. The highest BCUT2D eigenvalue weighted by Gasteiger charge is 2.20. The first-order chi connectivity index (χ1) is 11.0. The van der Waals surface area contributed by atoms with Crippen LogP contribution >= 0.6 is 0 Å². The van der Waals surface area contributed by atoms with Gasteiger partial charge in [0.1, 0.15) is 6.54 Å². The van der Waals surface area contributed by atoms with E-state index in [9.17, 15) is 9.59 Å². The fourth-order valence-electron chi connectivity index (χ4n) is 2.64. The van der Waals surface area contributed by atoms with Crippen LogP contribution in [0.1, 0.15) is 24.2 Å². The first-order valence-corrected chi connectivity index (χ1v) is 7.91. The minimum Gasteiger partial charge on any atom is -0.480 e. The molecule has 2 rings (SSSR count). The molecule has 1 aromatic rings. The monoisotopic (exact) mass is 320 g/mol. The highest BCUT2D eigenvalue weighted by atomic mass is 16.5. The first-order valence-electron chi connectivity index (χ1n) is 7.91. The van der Waals surface area contributed by atoms with Crippen LogP contribution in [0.2, 0.25) is 0 Å². The quantitative estimate of drug-likeness (QED) is 0.864. The summed E-state index contributed by atoms with van der Waals surface area (Å²) in [5.41, 5.74) is 1.57. The molecule has 0 saturated carbocycles. The van der Waals surface area contributed by atoms with Crippen LogP contribution in [-0.4, -0.2) is 61.3 Å². The molecule has 1 N–H and O–H groups in total. The number of morpholine rings is 1. The van der Waals surface area contributed by atoms with E-state index in [4.69, 9.17) is 9.84 Å². The number of benzene rings is 1. The Balaban J connectivity index is 2.09. The number of amides is 1. The number of hydrogen-bond donors (Lipinski definition) is 1. The first kappa shape index (κ1) is 17.3. The predicted octanol–water partition coefficient (Wildman–Crippen LogP) is 1.71. The van der Waals surface area contributed by atoms with Crippen LogP contribution in [0.5, 0.6) is 0 Å². The number of anilines is 1.